The van der Waals surface area contributed by atoms with E-state index >= 15 is 0 Å². The van der Waals surface area contributed by atoms with Gasteiger partial charge in [0.1, 0.15) is 0 Å². The number of amides is 2. The average molecular weight is 313 g/mol. The van der Waals surface area contributed by atoms with Crippen molar-refractivity contribution in [2.45, 2.75) is 24.7 Å². The number of nitrogens with one attached hydrogen (secondary N) is 2. The Balaban J connectivity index is 2.42. The number of hydrogen-bond donors (Lipinski definition) is 3. The van der Waals surface area contributed by atoms with Gasteiger partial charge in [-0.1, -0.05) is 19.1 Å². The zero-order valence-corrected chi connectivity index (χ0v) is 12.6. The van der Waals surface area contributed by atoms with E-state index < -0.39 is 21.8 Å². The summed E-state index contributed by atoms with van der Waals surface area (Å²) in [6.07, 6.45) is 1.24. The van der Waals surface area contributed by atoms with Crippen molar-refractivity contribution in [3.8, 4) is 0 Å². The molecule has 1 rings (SSSR count). The molecule has 0 aliphatic heterocycles. The van der Waals surface area contributed by atoms with Gasteiger partial charge < -0.3 is 10.6 Å². The summed E-state index contributed by atoms with van der Waals surface area (Å²) in [6.45, 7) is 2.64. The molecule has 0 bridgehead atoms. The number of benzene rings is 1. The lowest BCUT2D eigenvalue weighted by atomic mass is 10.1. The topological polar surface area (TPSA) is 118 Å². The summed E-state index contributed by atoms with van der Waals surface area (Å²) < 4.78 is 22.2. The normalized spacial score (nSPS) is 11.0. The minimum absolute atomic E-state index is 0.0363. The van der Waals surface area contributed by atoms with Crippen molar-refractivity contribution in [3.63, 3.8) is 0 Å². The van der Waals surface area contributed by atoms with E-state index in [9.17, 15) is 18.0 Å². The lowest BCUT2D eigenvalue weighted by molar-refractivity contribution is -0.139. The molecule has 0 aliphatic carbocycles. The number of primary sulfonamides is 1. The molecule has 0 aliphatic rings. The third-order valence-corrected chi connectivity index (χ3v) is 3.62. The van der Waals surface area contributed by atoms with Crippen LogP contribution in [0.4, 0.5) is 0 Å². The number of carbonyl (C=O) groups is 2. The van der Waals surface area contributed by atoms with Crippen LogP contribution < -0.4 is 15.8 Å². The second-order valence-corrected chi connectivity index (χ2v) is 6.01. The highest BCUT2D eigenvalue weighted by Gasteiger charge is 2.11. The highest BCUT2D eigenvalue weighted by molar-refractivity contribution is 7.89. The molecule has 8 heteroatoms. The van der Waals surface area contributed by atoms with Crippen LogP contribution in [0.5, 0.6) is 0 Å². The monoisotopic (exact) mass is 313 g/mol. The van der Waals surface area contributed by atoms with Crippen LogP contribution >= 0.6 is 0 Å². The smallest absolute Gasteiger partial charge is 0.309 e. The van der Waals surface area contributed by atoms with Gasteiger partial charge in [0, 0.05) is 13.1 Å². The Kier molecular flexibility index (Phi) is 6.32. The predicted octanol–water partition coefficient (Wildman–Crippen LogP) is -0.481. The fourth-order valence-corrected chi connectivity index (χ4v) is 2.08. The van der Waals surface area contributed by atoms with Crippen LogP contribution in [0.1, 0.15) is 18.9 Å². The van der Waals surface area contributed by atoms with E-state index in [4.69, 9.17) is 5.14 Å². The minimum Gasteiger partial charge on any atom is -0.348 e. The minimum atomic E-state index is -3.70. The van der Waals surface area contributed by atoms with Crippen molar-refractivity contribution in [1.29, 1.82) is 0 Å². The highest BCUT2D eigenvalue weighted by Crippen LogP contribution is 2.08. The molecule has 0 fully saturated rings. The zero-order chi connectivity index (χ0) is 15.9. The van der Waals surface area contributed by atoms with Crippen molar-refractivity contribution >= 4 is 21.8 Å². The Morgan fingerprint density at radius 2 is 1.57 bits per heavy atom. The first-order valence-corrected chi connectivity index (χ1v) is 8.07. The molecule has 0 saturated heterocycles. The van der Waals surface area contributed by atoms with Crippen LogP contribution in [0.25, 0.3) is 0 Å². The Morgan fingerprint density at radius 3 is 2.05 bits per heavy atom. The number of nitrogens with two attached hydrogens (primary N) is 1. The van der Waals surface area contributed by atoms with E-state index in [-0.39, 0.29) is 11.4 Å². The number of hydrogen-bond acceptors (Lipinski definition) is 4. The van der Waals surface area contributed by atoms with Gasteiger partial charge >= 0.3 is 11.8 Å². The molecule has 0 unspecified atom stereocenters. The molecular weight excluding hydrogens is 294 g/mol. The number of rotatable bonds is 6. The van der Waals surface area contributed by atoms with E-state index in [0.717, 1.165) is 12.0 Å². The lowest BCUT2D eigenvalue weighted by Crippen LogP contribution is -2.40. The third-order valence-electron chi connectivity index (χ3n) is 2.69. The van der Waals surface area contributed by atoms with Crippen LogP contribution in [0.3, 0.4) is 0 Å². The maximum absolute atomic E-state index is 11.4. The van der Waals surface area contributed by atoms with E-state index in [1.807, 2.05) is 6.92 Å². The van der Waals surface area contributed by atoms with E-state index in [1.165, 1.54) is 12.1 Å². The Morgan fingerprint density at radius 1 is 1.05 bits per heavy atom. The SMILES string of the molecule is CCCNC(=O)C(=O)NCCc1ccc(S(N)(=O)=O)cc1. The Labute approximate surface area is 124 Å². The summed E-state index contributed by atoms with van der Waals surface area (Å²) in [5.41, 5.74) is 0.830. The van der Waals surface area contributed by atoms with Gasteiger partial charge in [-0.05, 0) is 30.5 Å². The van der Waals surface area contributed by atoms with Crippen molar-refractivity contribution in [3.05, 3.63) is 29.8 Å². The van der Waals surface area contributed by atoms with Crippen molar-refractivity contribution < 1.29 is 18.0 Å². The summed E-state index contributed by atoms with van der Waals surface area (Å²) >= 11 is 0. The van der Waals surface area contributed by atoms with Gasteiger partial charge in [0.05, 0.1) is 4.90 Å². The molecule has 0 heterocycles. The molecule has 116 valence electrons. The average Bonchev–Trinajstić information content (AvgIpc) is 2.44. The second kappa shape index (κ2) is 7.75. The maximum atomic E-state index is 11.4. The van der Waals surface area contributed by atoms with Crippen LogP contribution in [0, 0.1) is 0 Å². The highest BCUT2D eigenvalue weighted by atomic mass is 32.2. The first-order chi connectivity index (χ1) is 9.84. The fraction of sp³-hybridized carbons (Fsp3) is 0.385. The molecule has 4 N–H and O–H groups in total. The predicted molar refractivity (Wildman–Crippen MR) is 77.8 cm³/mol. The maximum Gasteiger partial charge on any atom is 0.309 e. The summed E-state index contributed by atoms with van der Waals surface area (Å²) in [6, 6.07) is 6.03. The van der Waals surface area contributed by atoms with E-state index in [0.29, 0.717) is 13.0 Å². The van der Waals surface area contributed by atoms with Gasteiger partial charge in [-0.3, -0.25) is 9.59 Å². The fourth-order valence-electron chi connectivity index (χ4n) is 1.57. The summed E-state index contributed by atoms with van der Waals surface area (Å²) in [7, 11) is -3.70. The first-order valence-electron chi connectivity index (χ1n) is 6.52. The lowest BCUT2D eigenvalue weighted by Gasteiger charge is -2.06. The molecule has 0 spiro atoms. The molecule has 0 aromatic heterocycles. The molecule has 7 nitrogen and oxygen atoms in total. The molecule has 2 amide bonds. The largest absolute Gasteiger partial charge is 0.348 e. The van der Waals surface area contributed by atoms with Crippen LogP contribution in [0.15, 0.2) is 29.2 Å². The van der Waals surface area contributed by atoms with Gasteiger partial charge in [0.15, 0.2) is 0 Å². The van der Waals surface area contributed by atoms with Crippen LogP contribution in [-0.2, 0) is 26.0 Å². The number of sulfonamides is 1. The first kappa shape index (κ1) is 17.1. The summed E-state index contributed by atoms with van der Waals surface area (Å²) in [5.74, 6) is -1.33. The molecular formula is C13H19N3O4S. The molecule has 21 heavy (non-hydrogen) atoms. The Bertz CT molecular complexity index is 596. The second-order valence-electron chi connectivity index (χ2n) is 4.45. The summed E-state index contributed by atoms with van der Waals surface area (Å²) in [4.78, 5) is 22.7. The standard InChI is InChI=1S/C13H19N3O4S/c1-2-8-15-12(17)13(18)16-9-7-10-3-5-11(6-4-10)21(14,19)20/h3-6H,2,7-9H2,1H3,(H,15,17)(H,16,18)(H2,14,19,20). The zero-order valence-electron chi connectivity index (χ0n) is 11.8. The van der Waals surface area contributed by atoms with Gasteiger partial charge in [-0.25, -0.2) is 13.6 Å². The summed E-state index contributed by atoms with van der Waals surface area (Å²) in [5, 5.41) is 9.95. The molecule has 1 aromatic carbocycles. The number of carbonyl (C=O) groups excluding carboxylic acids is 2. The molecule has 0 saturated carbocycles. The van der Waals surface area contributed by atoms with Crippen molar-refractivity contribution in [2.24, 2.45) is 5.14 Å². The third kappa shape index (κ3) is 5.92. The molecule has 0 radical (unpaired) electrons. The van der Waals surface area contributed by atoms with Crippen molar-refractivity contribution in [1.82, 2.24) is 10.6 Å². The van der Waals surface area contributed by atoms with E-state index in [1.54, 1.807) is 12.1 Å². The van der Waals surface area contributed by atoms with Gasteiger partial charge in [-0.2, -0.15) is 0 Å². The molecule has 1 aromatic rings. The van der Waals surface area contributed by atoms with Gasteiger partial charge in [-0.15, -0.1) is 0 Å². The Hall–Kier alpha value is -1.93. The van der Waals surface area contributed by atoms with Crippen LogP contribution in [0.2, 0.25) is 0 Å². The van der Waals surface area contributed by atoms with Crippen LogP contribution in [-0.4, -0.2) is 33.3 Å². The van der Waals surface area contributed by atoms with Gasteiger partial charge in [0.2, 0.25) is 10.0 Å². The van der Waals surface area contributed by atoms with Crippen molar-refractivity contribution in [2.75, 3.05) is 13.1 Å². The van der Waals surface area contributed by atoms with Gasteiger partial charge in [0.25, 0.3) is 0 Å². The molecule has 0 atom stereocenters. The van der Waals surface area contributed by atoms with E-state index in [2.05, 4.69) is 10.6 Å². The quantitative estimate of drug-likeness (QED) is 0.615.